The molecular weight excluding hydrogens is 364 g/mol. The van der Waals surface area contributed by atoms with Crippen LogP contribution in [-0.4, -0.2) is 16.9 Å². The Bertz CT molecular complexity index is 989. The largest absolute Gasteiger partial charge is 0.497 e. The van der Waals surface area contributed by atoms with Crippen LogP contribution in [0.4, 0.5) is 0 Å². The zero-order valence-corrected chi connectivity index (χ0v) is 14.7. The summed E-state index contributed by atoms with van der Waals surface area (Å²) < 4.78 is 8.28. The number of fused-ring (bicyclic) bond motifs is 1. The van der Waals surface area contributed by atoms with Crippen LogP contribution in [-0.2, 0) is 0 Å². The lowest BCUT2D eigenvalue weighted by atomic mass is 10.1. The van der Waals surface area contributed by atoms with Crippen LogP contribution in [0.25, 0.3) is 27.8 Å². The Labute approximate surface area is 148 Å². The van der Waals surface area contributed by atoms with Gasteiger partial charge in [0.1, 0.15) is 11.4 Å². The van der Waals surface area contributed by atoms with Crippen LogP contribution >= 0.6 is 15.9 Å². The Hall–Kier alpha value is -2.59. The molecule has 1 aromatic heterocycles. The van der Waals surface area contributed by atoms with Crippen molar-refractivity contribution in [2.45, 2.75) is 0 Å². The van der Waals surface area contributed by atoms with Gasteiger partial charge in [-0.1, -0.05) is 46.3 Å². The summed E-state index contributed by atoms with van der Waals surface area (Å²) in [5.41, 5.74) is 4.17. The van der Waals surface area contributed by atoms with Crippen molar-refractivity contribution in [1.29, 1.82) is 0 Å². The maximum atomic E-state index is 5.24. The maximum Gasteiger partial charge on any atom is 0.119 e. The molecule has 0 unspecified atom stereocenters. The van der Waals surface area contributed by atoms with E-state index in [-0.39, 0.29) is 0 Å². The van der Waals surface area contributed by atoms with Gasteiger partial charge in [-0.25, -0.2) is 4.68 Å². The molecule has 4 heteroatoms. The van der Waals surface area contributed by atoms with E-state index in [0.717, 1.165) is 38.1 Å². The van der Waals surface area contributed by atoms with E-state index in [4.69, 9.17) is 9.84 Å². The van der Waals surface area contributed by atoms with E-state index < -0.39 is 0 Å². The standard InChI is InChI=1S/C20H15BrN2O/c1-24-17-12-10-16(11-13-17)23-19-5-3-2-4-18(19)20(22-23)14-6-8-15(21)9-7-14/h2-13H,1H3. The fourth-order valence-electron chi connectivity index (χ4n) is 2.81. The highest BCUT2D eigenvalue weighted by molar-refractivity contribution is 9.10. The van der Waals surface area contributed by atoms with Gasteiger partial charge in [0.2, 0.25) is 0 Å². The summed E-state index contributed by atoms with van der Waals surface area (Å²) in [4.78, 5) is 0. The minimum Gasteiger partial charge on any atom is -0.497 e. The van der Waals surface area contributed by atoms with E-state index >= 15 is 0 Å². The third kappa shape index (κ3) is 2.59. The first kappa shape index (κ1) is 15.0. The predicted molar refractivity (Wildman–Crippen MR) is 101 cm³/mol. The van der Waals surface area contributed by atoms with Crippen molar-refractivity contribution in [3.63, 3.8) is 0 Å². The average molecular weight is 379 g/mol. The van der Waals surface area contributed by atoms with Gasteiger partial charge in [-0.3, -0.25) is 0 Å². The molecule has 0 N–H and O–H groups in total. The zero-order valence-electron chi connectivity index (χ0n) is 13.1. The number of benzene rings is 3. The minimum absolute atomic E-state index is 0.836. The van der Waals surface area contributed by atoms with E-state index in [1.54, 1.807) is 7.11 Å². The molecule has 0 saturated heterocycles. The number of para-hydroxylation sites is 1. The number of hydrogen-bond donors (Lipinski definition) is 0. The lowest BCUT2D eigenvalue weighted by molar-refractivity contribution is 0.414. The van der Waals surface area contributed by atoms with Crippen LogP contribution in [0.15, 0.2) is 77.3 Å². The van der Waals surface area contributed by atoms with E-state index in [2.05, 4.69) is 40.2 Å². The first-order valence-corrected chi connectivity index (χ1v) is 8.44. The number of aromatic nitrogens is 2. The van der Waals surface area contributed by atoms with Crippen molar-refractivity contribution in [3.8, 4) is 22.7 Å². The molecule has 0 atom stereocenters. The second kappa shape index (κ2) is 6.13. The average Bonchev–Trinajstić information content (AvgIpc) is 3.02. The number of hydrogen-bond acceptors (Lipinski definition) is 2. The Morgan fingerprint density at radius 2 is 1.58 bits per heavy atom. The summed E-state index contributed by atoms with van der Waals surface area (Å²) in [5.74, 6) is 0.836. The van der Waals surface area contributed by atoms with Crippen molar-refractivity contribution < 1.29 is 4.74 Å². The Morgan fingerprint density at radius 1 is 0.875 bits per heavy atom. The molecule has 0 amide bonds. The van der Waals surface area contributed by atoms with E-state index in [0.29, 0.717) is 0 Å². The lowest BCUT2D eigenvalue weighted by Gasteiger charge is -2.05. The SMILES string of the molecule is COc1ccc(-n2nc(-c3ccc(Br)cc3)c3ccccc32)cc1. The quantitative estimate of drug-likeness (QED) is 0.472. The van der Waals surface area contributed by atoms with Gasteiger partial charge in [0.15, 0.2) is 0 Å². The number of ether oxygens (including phenoxy) is 1. The Balaban J connectivity index is 1.91. The maximum absolute atomic E-state index is 5.24. The van der Waals surface area contributed by atoms with Gasteiger partial charge >= 0.3 is 0 Å². The van der Waals surface area contributed by atoms with Crippen molar-refractivity contribution in [2.75, 3.05) is 7.11 Å². The topological polar surface area (TPSA) is 27.1 Å². The van der Waals surface area contributed by atoms with Gasteiger partial charge in [0, 0.05) is 15.4 Å². The molecule has 0 bridgehead atoms. The van der Waals surface area contributed by atoms with Gasteiger partial charge in [0.25, 0.3) is 0 Å². The highest BCUT2D eigenvalue weighted by Gasteiger charge is 2.13. The zero-order chi connectivity index (χ0) is 16.5. The molecule has 24 heavy (non-hydrogen) atoms. The fraction of sp³-hybridized carbons (Fsp3) is 0.0500. The van der Waals surface area contributed by atoms with E-state index in [1.165, 1.54) is 0 Å². The molecule has 0 spiro atoms. The molecule has 118 valence electrons. The van der Waals surface area contributed by atoms with Crippen molar-refractivity contribution in [2.24, 2.45) is 0 Å². The van der Waals surface area contributed by atoms with E-state index in [9.17, 15) is 0 Å². The first-order chi connectivity index (χ1) is 11.8. The van der Waals surface area contributed by atoms with Crippen molar-refractivity contribution in [1.82, 2.24) is 9.78 Å². The monoisotopic (exact) mass is 378 g/mol. The third-order valence-corrected chi connectivity index (χ3v) is 4.55. The van der Waals surface area contributed by atoms with Crippen molar-refractivity contribution >= 4 is 26.8 Å². The minimum atomic E-state index is 0.836. The molecule has 0 fully saturated rings. The van der Waals surface area contributed by atoms with Gasteiger partial charge in [-0.15, -0.1) is 0 Å². The number of rotatable bonds is 3. The van der Waals surface area contributed by atoms with Crippen LogP contribution < -0.4 is 4.74 Å². The van der Waals surface area contributed by atoms with Gasteiger partial charge < -0.3 is 4.74 Å². The first-order valence-electron chi connectivity index (χ1n) is 7.64. The molecule has 4 rings (SSSR count). The van der Waals surface area contributed by atoms with Crippen LogP contribution in [0.5, 0.6) is 5.75 Å². The molecule has 0 aliphatic heterocycles. The van der Waals surface area contributed by atoms with Gasteiger partial charge in [0.05, 0.1) is 18.3 Å². The molecule has 3 nitrogen and oxygen atoms in total. The summed E-state index contributed by atoms with van der Waals surface area (Å²) in [5, 5.41) is 6.01. The molecule has 0 aliphatic carbocycles. The molecule has 0 aliphatic rings. The smallest absolute Gasteiger partial charge is 0.119 e. The predicted octanol–water partition coefficient (Wildman–Crippen LogP) is 5.46. The molecule has 4 aromatic rings. The Morgan fingerprint density at radius 3 is 2.29 bits per heavy atom. The summed E-state index contributed by atoms with van der Waals surface area (Å²) in [6.07, 6.45) is 0. The van der Waals surface area contributed by atoms with Gasteiger partial charge in [-0.2, -0.15) is 5.10 Å². The number of methoxy groups -OCH3 is 1. The molecule has 0 radical (unpaired) electrons. The second-order valence-electron chi connectivity index (χ2n) is 5.48. The normalized spacial score (nSPS) is 10.9. The lowest BCUT2D eigenvalue weighted by Crippen LogP contribution is -1.96. The highest BCUT2D eigenvalue weighted by Crippen LogP contribution is 2.30. The summed E-state index contributed by atoms with van der Waals surface area (Å²) in [7, 11) is 1.67. The third-order valence-electron chi connectivity index (χ3n) is 4.02. The van der Waals surface area contributed by atoms with Crippen LogP contribution in [0.1, 0.15) is 0 Å². The number of halogens is 1. The van der Waals surface area contributed by atoms with E-state index in [1.807, 2.05) is 53.2 Å². The van der Waals surface area contributed by atoms with Crippen molar-refractivity contribution in [3.05, 3.63) is 77.3 Å². The van der Waals surface area contributed by atoms with Gasteiger partial charge in [-0.05, 0) is 42.5 Å². The summed E-state index contributed by atoms with van der Waals surface area (Å²) >= 11 is 3.49. The summed E-state index contributed by atoms with van der Waals surface area (Å²) in [6, 6.07) is 24.5. The number of nitrogens with zero attached hydrogens (tertiary/aromatic N) is 2. The Kier molecular flexibility index (Phi) is 3.82. The van der Waals surface area contributed by atoms with Crippen LogP contribution in [0.2, 0.25) is 0 Å². The fourth-order valence-corrected chi connectivity index (χ4v) is 3.07. The summed E-state index contributed by atoms with van der Waals surface area (Å²) in [6.45, 7) is 0. The molecular formula is C20H15BrN2O. The van der Waals surface area contributed by atoms with Crippen LogP contribution in [0.3, 0.4) is 0 Å². The van der Waals surface area contributed by atoms with Crippen LogP contribution in [0, 0.1) is 0 Å². The molecule has 0 saturated carbocycles. The highest BCUT2D eigenvalue weighted by atomic mass is 79.9. The molecule has 1 heterocycles. The molecule has 3 aromatic carbocycles. The second-order valence-corrected chi connectivity index (χ2v) is 6.40.